The van der Waals surface area contributed by atoms with Crippen molar-refractivity contribution in [3.63, 3.8) is 0 Å². The van der Waals surface area contributed by atoms with E-state index < -0.39 is 16.4 Å². The molecule has 0 spiro atoms. The molecule has 0 saturated heterocycles. The fourth-order valence-corrected chi connectivity index (χ4v) is 1.76. The Kier molecular flexibility index (Phi) is 1.85. The van der Waals surface area contributed by atoms with E-state index >= 15 is 0 Å². The van der Waals surface area contributed by atoms with Crippen LogP contribution in [-0.2, 0) is 6.42 Å². The minimum atomic E-state index is -0.670. The first-order chi connectivity index (χ1) is 7.02. The van der Waals surface area contributed by atoms with Gasteiger partial charge in [0.25, 0.3) is 5.69 Å². The smallest absolute Gasteiger partial charge is 0.277 e. The first-order valence-corrected chi connectivity index (χ1v) is 4.27. The van der Waals surface area contributed by atoms with Crippen LogP contribution in [0.15, 0.2) is 6.07 Å². The summed E-state index contributed by atoms with van der Waals surface area (Å²) in [5.74, 6) is -1.56. The number of hydrogen-bond acceptors (Lipinski definition) is 5. The van der Waals surface area contributed by atoms with Crippen LogP contribution >= 0.6 is 0 Å². The van der Waals surface area contributed by atoms with Gasteiger partial charge in [-0.1, -0.05) is 0 Å². The molecule has 0 radical (unpaired) electrons. The van der Waals surface area contributed by atoms with Gasteiger partial charge in [-0.05, 0) is 6.42 Å². The molecule has 6 heteroatoms. The summed E-state index contributed by atoms with van der Waals surface area (Å²) < 4.78 is 0. The highest BCUT2D eigenvalue weighted by atomic mass is 16.6. The molecule has 0 unspecified atom stereocenters. The lowest BCUT2D eigenvalue weighted by Crippen LogP contribution is -1.97. The van der Waals surface area contributed by atoms with Crippen LogP contribution in [0.1, 0.15) is 22.3 Å². The van der Waals surface area contributed by atoms with Crippen molar-refractivity contribution in [2.45, 2.75) is 12.8 Å². The highest BCUT2D eigenvalue weighted by molar-refractivity contribution is 6.04. The van der Waals surface area contributed by atoms with Gasteiger partial charge in [-0.25, -0.2) is 0 Å². The van der Waals surface area contributed by atoms with E-state index in [1.807, 2.05) is 0 Å². The van der Waals surface area contributed by atoms with Gasteiger partial charge in [0.1, 0.15) is 0 Å². The van der Waals surface area contributed by atoms with E-state index in [0.717, 1.165) is 6.07 Å². The molecule has 0 aromatic heterocycles. The Balaban J connectivity index is 2.78. The van der Waals surface area contributed by atoms with Gasteiger partial charge in [-0.2, -0.15) is 0 Å². The number of carbonyl (C=O) groups is 1. The minimum Gasteiger partial charge on any atom is -0.504 e. The zero-order valence-electron chi connectivity index (χ0n) is 7.56. The number of phenols is 2. The Labute approximate surface area is 83.9 Å². The molecule has 6 nitrogen and oxygen atoms in total. The fourth-order valence-electron chi connectivity index (χ4n) is 1.76. The summed E-state index contributed by atoms with van der Waals surface area (Å²) in [6.07, 6.45) is 0.367. The van der Waals surface area contributed by atoms with Gasteiger partial charge in [0.05, 0.1) is 16.6 Å². The van der Waals surface area contributed by atoms with E-state index in [1.54, 1.807) is 0 Å². The Morgan fingerprint density at radius 3 is 2.60 bits per heavy atom. The predicted octanol–water partition coefficient (Wildman–Crippen LogP) is 1.13. The van der Waals surface area contributed by atoms with Crippen molar-refractivity contribution in [2.75, 3.05) is 0 Å². The van der Waals surface area contributed by atoms with Crippen LogP contribution in [0.4, 0.5) is 5.69 Å². The number of fused-ring (bicyclic) bond motifs is 1. The second-order valence-corrected chi connectivity index (χ2v) is 3.30. The lowest BCUT2D eigenvalue weighted by Gasteiger charge is -2.04. The normalized spacial score (nSPS) is 14.0. The second kappa shape index (κ2) is 2.94. The van der Waals surface area contributed by atoms with E-state index in [9.17, 15) is 25.1 Å². The molecule has 0 aliphatic heterocycles. The molecule has 2 rings (SSSR count). The Morgan fingerprint density at radius 2 is 2.00 bits per heavy atom. The molecule has 0 heterocycles. The Bertz CT molecular complexity index is 480. The van der Waals surface area contributed by atoms with Crippen LogP contribution in [0.3, 0.4) is 0 Å². The number of nitro groups is 1. The number of ketones is 1. The molecule has 1 aliphatic carbocycles. The quantitative estimate of drug-likeness (QED) is 0.410. The summed E-state index contributed by atoms with van der Waals surface area (Å²) in [6.45, 7) is 0. The zero-order chi connectivity index (χ0) is 11.2. The fraction of sp³-hybridized carbons (Fsp3) is 0.222. The average molecular weight is 209 g/mol. The number of benzene rings is 1. The monoisotopic (exact) mass is 209 g/mol. The predicted molar refractivity (Wildman–Crippen MR) is 49.1 cm³/mol. The van der Waals surface area contributed by atoms with Crippen LogP contribution in [0.2, 0.25) is 0 Å². The van der Waals surface area contributed by atoms with Crippen LogP contribution in [-0.4, -0.2) is 20.9 Å². The largest absolute Gasteiger partial charge is 0.504 e. The summed E-state index contributed by atoms with van der Waals surface area (Å²) in [5.41, 5.74) is -0.215. The number of aromatic hydroxyl groups is 2. The van der Waals surface area contributed by atoms with Gasteiger partial charge in [0, 0.05) is 12.0 Å². The van der Waals surface area contributed by atoms with E-state index in [2.05, 4.69) is 0 Å². The summed E-state index contributed by atoms with van der Waals surface area (Å²) in [4.78, 5) is 21.3. The van der Waals surface area contributed by atoms with Crippen molar-refractivity contribution < 1.29 is 19.9 Å². The molecule has 0 amide bonds. The van der Waals surface area contributed by atoms with E-state index in [0.29, 0.717) is 0 Å². The number of phenolic OH excluding ortho intramolecular Hbond substituents is 2. The molecule has 1 aromatic carbocycles. The maximum absolute atomic E-state index is 11.3. The first kappa shape index (κ1) is 9.45. The SMILES string of the molecule is O=C1CCc2c([N+](=O)[O-])cc(O)c(O)c21. The van der Waals surface area contributed by atoms with Crippen molar-refractivity contribution >= 4 is 11.5 Å². The highest BCUT2D eigenvalue weighted by Crippen LogP contribution is 2.42. The third kappa shape index (κ3) is 1.22. The van der Waals surface area contributed by atoms with Crippen LogP contribution < -0.4 is 0 Å². The molecule has 0 bridgehead atoms. The molecule has 15 heavy (non-hydrogen) atoms. The molecular formula is C9H7NO5. The highest BCUT2D eigenvalue weighted by Gasteiger charge is 2.32. The number of carbonyl (C=O) groups excluding carboxylic acids is 1. The Hall–Kier alpha value is -2.11. The standard InChI is InChI=1S/C9H7NO5/c11-6-2-1-4-5(10(14)15)3-7(12)9(13)8(4)6/h3,12-13H,1-2H2. The van der Waals surface area contributed by atoms with Gasteiger partial charge in [-0.15, -0.1) is 0 Å². The molecular weight excluding hydrogens is 202 g/mol. The lowest BCUT2D eigenvalue weighted by molar-refractivity contribution is -0.385. The molecule has 1 aromatic rings. The van der Waals surface area contributed by atoms with Crippen molar-refractivity contribution in [3.05, 3.63) is 27.3 Å². The molecule has 78 valence electrons. The number of nitrogens with zero attached hydrogens (tertiary/aromatic N) is 1. The van der Waals surface area contributed by atoms with E-state index in [-0.39, 0.29) is 35.4 Å². The number of nitro benzene ring substituents is 1. The molecule has 0 fully saturated rings. The third-order valence-electron chi connectivity index (χ3n) is 2.44. The Morgan fingerprint density at radius 1 is 1.33 bits per heavy atom. The van der Waals surface area contributed by atoms with Gasteiger partial charge >= 0.3 is 0 Å². The summed E-state index contributed by atoms with van der Waals surface area (Å²) in [6, 6.07) is 0.868. The number of rotatable bonds is 1. The number of hydrogen-bond donors (Lipinski definition) is 2. The van der Waals surface area contributed by atoms with Crippen LogP contribution in [0.25, 0.3) is 0 Å². The van der Waals surface area contributed by atoms with Gasteiger partial charge < -0.3 is 10.2 Å². The van der Waals surface area contributed by atoms with Gasteiger partial charge in [0.2, 0.25) is 0 Å². The third-order valence-corrected chi connectivity index (χ3v) is 2.44. The van der Waals surface area contributed by atoms with Gasteiger partial charge in [0.15, 0.2) is 17.3 Å². The second-order valence-electron chi connectivity index (χ2n) is 3.30. The molecule has 0 atom stereocenters. The molecule has 1 aliphatic rings. The average Bonchev–Trinajstić information content (AvgIpc) is 2.54. The summed E-state index contributed by atoms with van der Waals surface area (Å²) in [5, 5.41) is 29.3. The molecule has 2 N–H and O–H groups in total. The maximum Gasteiger partial charge on any atom is 0.277 e. The first-order valence-electron chi connectivity index (χ1n) is 4.27. The maximum atomic E-state index is 11.3. The van der Waals surface area contributed by atoms with Crippen molar-refractivity contribution in [3.8, 4) is 11.5 Å². The minimum absolute atomic E-state index is 0.110. The summed E-state index contributed by atoms with van der Waals surface area (Å²) >= 11 is 0. The van der Waals surface area contributed by atoms with E-state index in [1.165, 1.54) is 0 Å². The van der Waals surface area contributed by atoms with Crippen molar-refractivity contribution in [1.29, 1.82) is 0 Å². The molecule has 0 saturated carbocycles. The lowest BCUT2D eigenvalue weighted by atomic mass is 10.1. The van der Waals surface area contributed by atoms with Crippen molar-refractivity contribution in [2.24, 2.45) is 0 Å². The topological polar surface area (TPSA) is 101 Å². The number of Topliss-reactive ketones (excluding diaryl/α,β-unsaturated/α-hetero) is 1. The summed E-state index contributed by atoms with van der Waals surface area (Å²) in [7, 11) is 0. The van der Waals surface area contributed by atoms with Gasteiger partial charge in [-0.3, -0.25) is 14.9 Å². The van der Waals surface area contributed by atoms with Crippen LogP contribution in [0.5, 0.6) is 11.5 Å². The van der Waals surface area contributed by atoms with Crippen LogP contribution in [0, 0.1) is 10.1 Å². The van der Waals surface area contributed by atoms with Crippen molar-refractivity contribution in [1.82, 2.24) is 0 Å². The zero-order valence-corrected chi connectivity index (χ0v) is 7.56. The van der Waals surface area contributed by atoms with E-state index in [4.69, 9.17) is 0 Å².